The van der Waals surface area contributed by atoms with Gasteiger partial charge in [0.05, 0.1) is 29.7 Å². The van der Waals surface area contributed by atoms with Crippen LogP contribution in [0.4, 0.5) is 10.6 Å². The third-order valence-electron chi connectivity index (χ3n) is 7.36. The minimum Gasteiger partial charge on any atom is -0.477 e. The Hall–Kier alpha value is -4.24. The average Bonchev–Trinajstić information content (AvgIpc) is 3.77. The quantitative estimate of drug-likeness (QED) is 0.215. The van der Waals surface area contributed by atoms with Crippen molar-refractivity contribution < 1.29 is 24.2 Å². The third-order valence-corrected chi connectivity index (χ3v) is 8.22. The largest absolute Gasteiger partial charge is 0.477 e. The Morgan fingerprint density at radius 1 is 1.14 bits per heavy atom. The van der Waals surface area contributed by atoms with Gasteiger partial charge in [-0.1, -0.05) is 36.4 Å². The van der Waals surface area contributed by atoms with E-state index in [4.69, 9.17) is 9.47 Å². The number of nitrogens with one attached hydrogen (secondary N) is 3. The fourth-order valence-corrected chi connectivity index (χ4v) is 6.17. The zero-order chi connectivity index (χ0) is 29.1. The van der Waals surface area contributed by atoms with Crippen molar-refractivity contribution in [2.24, 2.45) is 5.92 Å². The number of urea groups is 1. The van der Waals surface area contributed by atoms with E-state index in [1.807, 2.05) is 54.0 Å². The number of nitrogens with zero attached hydrogens (tertiary/aromatic N) is 5. The molecule has 0 bridgehead atoms. The van der Waals surface area contributed by atoms with E-state index in [1.54, 1.807) is 11.8 Å². The minimum absolute atomic E-state index is 0.0502. The highest BCUT2D eigenvalue weighted by atomic mass is 32.1. The highest BCUT2D eigenvalue weighted by molar-refractivity contribution is 7.11. The molecule has 14 heteroatoms. The molecule has 1 aliphatic heterocycles. The second kappa shape index (κ2) is 12.3. The van der Waals surface area contributed by atoms with Gasteiger partial charge in [0.2, 0.25) is 0 Å². The van der Waals surface area contributed by atoms with Gasteiger partial charge in [0, 0.05) is 25.6 Å². The van der Waals surface area contributed by atoms with Crippen LogP contribution >= 0.6 is 11.3 Å². The van der Waals surface area contributed by atoms with Gasteiger partial charge in [0.15, 0.2) is 23.3 Å². The third kappa shape index (κ3) is 5.74. The van der Waals surface area contributed by atoms with Crippen molar-refractivity contribution in [3.8, 4) is 0 Å². The first-order valence-electron chi connectivity index (χ1n) is 13.6. The van der Waals surface area contributed by atoms with Crippen LogP contribution in [0.3, 0.4) is 0 Å². The highest BCUT2D eigenvalue weighted by Gasteiger charge is 2.51. The number of anilines is 1. The Balaban J connectivity index is 1.23. The Morgan fingerprint density at radius 3 is 2.79 bits per heavy atom. The van der Waals surface area contributed by atoms with Crippen LogP contribution in [-0.4, -0.2) is 73.2 Å². The number of hydrogen-bond donors (Lipinski definition) is 4. The molecule has 1 saturated carbocycles. The number of hydrogen-bond acceptors (Lipinski definition) is 10. The van der Waals surface area contributed by atoms with E-state index in [0.717, 1.165) is 16.9 Å². The minimum atomic E-state index is -0.981. The summed E-state index contributed by atoms with van der Waals surface area (Å²) in [6, 6.07) is 9.41. The molecule has 2 amide bonds. The summed E-state index contributed by atoms with van der Waals surface area (Å²) in [5, 5.41) is 18.2. The second-order valence-corrected chi connectivity index (χ2v) is 10.9. The van der Waals surface area contributed by atoms with E-state index in [9.17, 15) is 14.7 Å². The Kier molecular flexibility index (Phi) is 8.19. The van der Waals surface area contributed by atoms with Gasteiger partial charge in [-0.3, -0.25) is 5.32 Å². The van der Waals surface area contributed by atoms with E-state index in [0.29, 0.717) is 48.7 Å². The van der Waals surface area contributed by atoms with Crippen LogP contribution in [0.5, 0.6) is 0 Å². The van der Waals surface area contributed by atoms with Gasteiger partial charge in [-0.25, -0.2) is 29.5 Å². The summed E-state index contributed by atoms with van der Waals surface area (Å²) in [4.78, 5) is 41.3. The summed E-state index contributed by atoms with van der Waals surface area (Å²) < 4.78 is 14.8. The molecule has 4 N–H and O–H groups in total. The van der Waals surface area contributed by atoms with Gasteiger partial charge >= 0.3 is 12.0 Å². The fraction of sp³-hybridized carbons (Fsp3) is 0.357. The molecule has 0 spiro atoms. The number of carboxylic acids is 1. The summed E-state index contributed by atoms with van der Waals surface area (Å²) in [6.45, 7) is 3.21. The van der Waals surface area contributed by atoms with Crippen LogP contribution in [0.1, 0.15) is 40.3 Å². The van der Waals surface area contributed by atoms with E-state index in [1.165, 1.54) is 6.33 Å². The van der Waals surface area contributed by atoms with Crippen molar-refractivity contribution in [1.82, 2.24) is 35.1 Å². The van der Waals surface area contributed by atoms with Crippen molar-refractivity contribution in [3.63, 3.8) is 0 Å². The van der Waals surface area contributed by atoms with Crippen LogP contribution in [0.2, 0.25) is 0 Å². The number of ether oxygens (including phenoxy) is 2. The van der Waals surface area contributed by atoms with E-state index < -0.39 is 12.3 Å². The van der Waals surface area contributed by atoms with Gasteiger partial charge in [-0.15, -0.1) is 11.3 Å². The molecular weight excluding hydrogens is 560 g/mol. The molecule has 1 saturated heterocycles. The van der Waals surface area contributed by atoms with Crippen LogP contribution in [0.25, 0.3) is 17.2 Å². The molecule has 1 aromatic carbocycles. The first-order chi connectivity index (χ1) is 20.5. The lowest BCUT2D eigenvalue weighted by Gasteiger charge is -2.19. The molecule has 218 valence electrons. The molecule has 4 unspecified atom stereocenters. The lowest BCUT2D eigenvalue weighted by Crippen LogP contribution is -2.32. The normalized spacial score (nSPS) is 23.4. The maximum atomic E-state index is 12.2. The van der Waals surface area contributed by atoms with Crippen molar-refractivity contribution in [1.29, 1.82) is 0 Å². The topological polar surface area (TPSA) is 165 Å². The summed E-state index contributed by atoms with van der Waals surface area (Å²) in [5.74, 6) is -0.609. The van der Waals surface area contributed by atoms with Gasteiger partial charge in [-0.2, -0.15) is 0 Å². The molecule has 2 fully saturated rings. The van der Waals surface area contributed by atoms with Crippen LogP contribution in [0, 0.1) is 5.92 Å². The average molecular weight is 591 g/mol. The molecule has 13 nitrogen and oxygen atoms in total. The summed E-state index contributed by atoms with van der Waals surface area (Å²) in [6.07, 6.45) is 6.63. The molecule has 42 heavy (non-hydrogen) atoms. The number of carbonyl (C=O) groups is 2. The zero-order valence-corrected chi connectivity index (χ0v) is 23.5. The molecule has 0 radical (unpaired) electrons. The molecule has 1 aliphatic carbocycles. The number of amides is 2. The summed E-state index contributed by atoms with van der Waals surface area (Å²) in [5.41, 5.74) is 4.15. The molecule has 2 aliphatic rings. The lowest BCUT2D eigenvalue weighted by molar-refractivity contribution is -0.0499. The van der Waals surface area contributed by atoms with Crippen molar-refractivity contribution >= 4 is 46.4 Å². The van der Waals surface area contributed by atoms with Crippen molar-refractivity contribution in [2.45, 2.75) is 44.4 Å². The van der Waals surface area contributed by atoms with Gasteiger partial charge in [-0.05, 0) is 25.0 Å². The molecule has 6 rings (SSSR count). The smallest absolute Gasteiger partial charge is 0.347 e. The van der Waals surface area contributed by atoms with E-state index in [2.05, 4.69) is 35.9 Å². The first-order valence-corrected chi connectivity index (χ1v) is 14.5. The monoisotopic (exact) mass is 590 g/mol. The molecular formula is C28H30N8O5S. The number of imidazole rings is 1. The molecule has 4 aromatic rings. The highest BCUT2D eigenvalue weighted by Crippen LogP contribution is 2.45. The molecule has 4 heterocycles. The van der Waals surface area contributed by atoms with Crippen molar-refractivity contribution in [2.75, 3.05) is 18.4 Å². The molecule has 5 atom stereocenters. The maximum absolute atomic E-state index is 12.2. The number of thiazole rings is 1. The Labute approximate surface area is 245 Å². The predicted octanol–water partition coefficient (Wildman–Crippen LogP) is 3.30. The SMILES string of the molecule is CCNC(=O)Nc1ncnc2c1ncn2C1CC(CNCc2ncsc2C(=O)O)C2O[C@H](C=Cc3ccccc3)OC21. The number of carboxylic acid groups (broad SMARTS) is 1. The predicted molar refractivity (Wildman–Crippen MR) is 155 cm³/mol. The van der Waals surface area contributed by atoms with Crippen LogP contribution in [0.15, 0.2) is 54.6 Å². The summed E-state index contributed by atoms with van der Waals surface area (Å²) in [7, 11) is 0. The van der Waals surface area contributed by atoms with E-state index in [-0.39, 0.29) is 35.1 Å². The molecule has 3 aromatic heterocycles. The number of fused-ring (bicyclic) bond motifs is 2. The number of aromatic nitrogens is 5. The maximum Gasteiger partial charge on any atom is 0.347 e. The standard InChI is InChI=1S/C28H30N8O5S/c1-2-30-28(39)35-25-21-26(32-13-31-25)36(14-33-21)19-10-17(11-29-12-18-24(27(37)38)42-15-34-18)22-23(19)41-20(40-22)9-8-16-6-4-3-5-7-16/h3-9,13-15,17,19-20,22-23,29H,2,10-12H2,1H3,(H,37,38)(H2,30,31,32,35,39)/t17?,19?,20-,22?,23?/m0/s1. The number of carbonyl (C=O) groups excluding carboxylic acids is 1. The second-order valence-electron chi connectivity index (χ2n) is 10.00. The lowest BCUT2D eigenvalue weighted by atomic mass is 10.1. The van der Waals surface area contributed by atoms with E-state index >= 15 is 0 Å². The zero-order valence-electron chi connectivity index (χ0n) is 22.7. The Morgan fingerprint density at radius 2 is 1.98 bits per heavy atom. The number of aromatic carboxylic acids is 1. The van der Waals surface area contributed by atoms with Gasteiger partial charge in [0.25, 0.3) is 0 Å². The van der Waals surface area contributed by atoms with Crippen LogP contribution < -0.4 is 16.0 Å². The number of benzene rings is 1. The fourth-order valence-electron chi connectivity index (χ4n) is 5.52. The first kappa shape index (κ1) is 27.9. The van der Waals surface area contributed by atoms with Gasteiger partial charge in [0.1, 0.15) is 17.3 Å². The Bertz CT molecular complexity index is 1590. The van der Waals surface area contributed by atoms with Gasteiger partial charge < -0.3 is 29.8 Å². The van der Waals surface area contributed by atoms with Crippen LogP contribution in [-0.2, 0) is 16.0 Å². The van der Waals surface area contributed by atoms with Crippen molar-refractivity contribution in [3.05, 3.63) is 70.7 Å². The summed E-state index contributed by atoms with van der Waals surface area (Å²) >= 11 is 1.11. The number of rotatable bonds is 10.